The number of carbonyl (C=O) groups is 2. The first-order chi connectivity index (χ1) is 17.1. The Hall–Kier alpha value is -3.83. The Bertz CT molecular complexity index is 1210. The summed E-state index contributed by atoms with van der Waals surface area (Å²) >= 11 is 6.07. The molecule has 6 heteroatoms. The average Bonchev–Trinajstić information content (AvgIpc) is 3.42. The second-order valence-corrected chi connectivity index (χ2v) is 8.68. The molecule has 2 amide bonds. The first kappa shape index (κ1) is 24.3. The van der Waals surface area contributed by atoms with E-state index < -0.39 is 6.04 Å². The Balaban J connectivity index is 1.62. The Morgan fingerprint density at radius 1 is 0.829 bits per heavy atom. The monoisotopic (exact) mass is 486 g/mol. The van der Waals surface area contributed by atoms with Gasteiger partial charge in [-0.15, -0.1) is 0 Å². The van der Waals surface area contributed by atoms with Gasteiger partial charge in [0.1, 0.15) is 11.8 Å². The number of rotatable bonds is 10. The summed E-state index contributed by atoms with van der Waals surface area (Å²) in [5.74, 6) is 0.269. The highest BCUT2D eigenvalue weighted by atomic mass is 35.5. The van der Waals surface area contributed by atoms with Gasteiger partial charge in [-0.3, -0.25) is 9.59 Å². The average molecular weight is 487 g/mol. The van der Waals surface area contributed by atoms with Crippen LogP contribution in [0.15, 0.2) is 108 Å². The second kappa shape index (κ2) is 12.0. The molecule has 0 unspecified atom stereocenters. The lowest BCUT2D eigenvalue weighted by molar-refractivity contribution is -0.141. The third-order valence-electron chi connectivity index (χ3n) is 5.75. The van der Waals surface area contributed by atoms with E-state index in [1.54, 1.807) is 35.4 Å². The van der Waals surface area contributed by atoms with Crippen molar-refractivity contribution in [2.75, 3.05) is 0 Å². The van der Waals surface area contributed by atoms with Gasteiger partial charge >= 0.3 is 0 Å². The van der Waals surface area contributed by atoms with Crippen LogP contribution < -0.4 is 5.32 Å². The summed E-state index contributed by atoms with van der Waals surface area (Å²) in [5, 5.41) is 3.56. The van der Waals surface area contributed by atoms with Crippen molar-refractivity contribution in [2.45, 2.75) is 32.0 Å². The normalized spacial score (nSPS) is 11.6. The second-order valence-electron chi connectivity index (χ2n) is 8.24. The lowest BCUT2D eigenvalue weighted by Gasteiger charge is -2.31. The fraction of sp³-hybridized carbons (Fsp3) is 0.172. The number of hydrogen-bond donors (Lipinski definition) is 1. The van der Waals surface area contributed by atoms with Crippen LogP contribution in [0.4, 0.5) is 0 Å². The number of nitrogens with one attached hydrogen (secondary N) is 1. The molecule has 4 aromatic rings. The fourth-order valence-electron chi connectivity index (χ4n) is 3.94. The van der Waals surface area contributed by atoms with E-state index >= 15 is 0 Å². The molecule has 178 valence electrons. The Morgan fingerprint density at radius 2 is 1.51 bits per heavy atom. The topological polar surface area (TPSA) is 62.6 Å². The van der Waals surface area contributed by atoms with Gasteiger partial charge in [0.2, 0.25) is 11.8 Å². The van der Waals surface area contributed by atoms with Crippen LogP contribution in [0.5, 0.6) is 0 Å². The molecule has 3 aromatic carbocycles. The lowest BCUT2D eigenvalue weighted by atomic mass is 10.0. The number of furan rings is 1. The molecule has 0 aliphatic carbocycles. The van der Waals surface area contributed by atoms with Crippen LogP contribution in [-0.2, 0) is 29.1 Å². The standard InChI is InChI=1S/C29H27ClN2O3/c30-25-16-13-23(14-17-25)21-32(27(33)18-15-22-8-3-1-4-9-22)28(24-10-5-2-6-11-24)29(34)31-20-26-12-7-19-35-26/h1-14,16-17,19,28H,15,18,20-21H2,(H,31,34)/t28-/m0/s1. The largest absolute Gasteiger partial charge is 0.467 e. The van der Waals surface area contributed by atoms with Gasteiger partial charge in [0.25, 0.3) is 0 Å². The zero-order chi connectivity index (χ0) is 24.5. The third kappa shape index (κ3) is 6.84. The number of carbonyl (C=O) groups excluding carboxylic acids is 2. The van der Waals surface area contributed by atoms with E-state index in [0.29, 0.717) is 17.2 Å². The van der Waals surface area contributed by atoms with Crippen LogP contribution in [0.1, 0.15) is 34.9 Å². The summed E-state index contributed by atoms with van der Waals surface area (Å²) in [5.41, 5.74) is 2.71. The summed E-state index contributed by atoms with van der Waals surface area (Å²) in [7, 11) is 0. The maximum atomic E-state index is 13.6. The third-order valence-corrected chi connectivity index (χ3v) is 6.00. The molecule has 0 radical (unpaired) electrons. The molecule has 1 N–H and O–H groups in total. The maximum Gasteiger partial charge on any atom is 0.247 e. The summed E-state index contributed by atoms with van der Waals surface area (Å²) in [6.07, 6.45) is 2.44. The minimum Gasteiger partial charge on any atom is -0.467 e. The molecular formula is C29H27ClN2O3. The molecule has 35 heavy (non-hydrogen) atoms. The molecule has 1 aromatic heterocycles. The summed E-state index contributed by atoms with van der Waals surface area (Å²) < 4.78 is 5.36. The molecule has 0 saturated heterocycles. The molecule has 0 spiro atoms. The molecule has 0 aliphatic rings. The van der Waals surface area contributed by atoms with Crippen LogP contribution in [-0.4, -0.2) is 16.7 Å². The van der Waals surface area contributed by atoms with Crippen molar-refractivity contribution < 1.29 is 14.0 Å². The van der Waals surface area contributed by atoms with Crippen LogP contribution in [0.3, 0.4) is 0 Å². The van der Waals surface area contributed by atoms with Crippen molar-refractivity contribution in [2.24, 2.45) is 0 Å². The van der Waals surface area contributed by atoms with E-state index in [1.807, 2.05) is 72.8 Å². The predicted octanol–water partition coefficient (Wildman–Crippen LogP) is 5.95. The zero-order valence-corrected chi connectivity index (χ0v) is 20.0. The van der Waals surface area contributed by atoms with E-state index in [-0.39, 0.29) is 31.3 Å². The van der Waals surface area contributed by atoms with Crippen LogP contribution in [0, 0.1) is 0 Å². The van der Waals surface area contributed by atoms with Crippen molar-refractivity contribution in [3.63, 3.8) is 0 Å². The van der Waals surface area contributed by atoms with E-state index in [1.165, 1.54) is 0 Å². The molecule has 1 heterocycles. The van der Waals surface area contributed by atoms with Crippen molar-refractivity contribution in [1.82, 2.24) is 10.2 Å². The van der Waals surface area contributed by atoms with Gasteiger partial charge in [-0.2, -0.15) is 0 Å². The molecular weight excluding hydrogens is 460 g/mol. The number of halogens is 1. The van der Waals surface area contributed by atoms with Crippen LogP contribution in [0.2, 0.25) is 5.02 Å². The molecule has 0 saturated carbocycles. The van der Waals surface area contributed by atoms with E-state index in [0.717, 1.165) is 16.7 Å². The number of nitrogens with zero attached hydrogens (tertiary/aromatic N) is 1. The van der Waals surface area contributed by atoms with Crippen molar-refractivity contribution >= 4 is 23.4 Å². The van der Waals surface area contributed by atoms with Gasteiger partial charge in [-0.1, -0.05) is 84.4 Å². The quantitative estimate of drug-likeness (QED) is 0.301. The van der Waals surface area contributed by atoms with E-state index in [2.05, 4.69) is 5.32 Å². The van der Waals surface area contributed by atoms with Crippen molar-refractivity contribution in [1.29, 1.82) is 0 Å². The van der Waals surface area contributed by atoms with Gasteiger partial charge in [-0.25, -0.2) is 0 Å². The van der Waals surface area contributed by atoms with E-state index in [9.17, 15) is 9.59 Å². The van der Waals surface area contributed by atoms with Gasteiger partial charge in [0.05, 0.1) is 12.8 Å². The smallest absolute Gasteiger partial charge is 0.247 e. The molecule has 5 nitrogen and oxygen atoms in total. The molecule has 0 bridgehead atoms. The highest BCUT2D eigenvalue weighted by Crippen LogP contribution is 2.26. The van der Waals surface area contributed by atoms with Crippen molar-refractivity contribution in [3.05, 3.63) is 131 Å². The summed E-state index contributed by atoms with van der Waals surface area (Å²) in [6.45, 7) is 0.515. The number of amides is 2. The number of aryl methyl sites for hydroxylation is 1. The van der Waals surface area contributed by atoms with Crippen molar-refractivity contribution in [3.8, 4) is 0 Å². The van der Waals surface area contributed by atoms with Gasteiger partial charge in [-0.05, 0) is 47.4 Å². The van der Waals surface area contributed by atoms with Crippen LogP contribution in [0.25, 0.3) is 0 Å². The Morgan fingerprint density at radius 3 is 2.17 bits per heavy atom. The van der Waals surface area contributed by atoms with Gasteiger partial charge in [0.15, 0.2) is 0 Å². The molecule has 4 rings (SSSR count). The SMILES string of the molecule is O=C(NCc1ccco1)[C@H](c1ccccc1)N(Cc1ccc(Cl)cc1)C(=O)CCc1ccccc1. The minimum absolute atomic E-state index is 0.106. The Kier molecular flexibility index (Phi) is 8.36. The number of hydrogen-bond acceptors (Lipinski definition) is 3. The summed E-state index contributed by atoms with van der Waals surface area (Å²) in [6, 6.07) is 29.4. The maximum absolute atomic E-state index is 13.6. The highest BCUT2D eigenvalue weighted by Gasteiger charge is 2.31. The predicted molar refractivity (Wildman–Crippen MR) is 137 cm³/mol. The molecule has 1 atom stereocenters. The number of benzene rings is 3. The first-order valence-electron chi connectivity index (χ1n) is 11.5. The fourth-order valence-corrected chi connectivity index (χ4v) is 4.07. The van der Waals surface area contributed by atoms with E-state index in [4.69, 9.17) is 16.0 Å². The summed E-state index contributed by atoms with van der Waals surface area (Å²) in [4.78, 5) is 28.8. The first-order valence-corrected chi connectivity index (χ1v) is 11.9. The molecule has 0 aliphatic heterocycles. The van der Waals surface area contributed by atoms with Crippen LogP contribution >= 0.6 is 11.6 Å². The highest BCUT2D eigenvalue weighted by molar-refractivity contribution is 6.30. The van der Waals surface area contributed by atoms with Gasteiger partial charge in [0, 0.05) is 18.0 Å². The van der Waals surface area contributed by atoms with Gasteiger partial charge < -0.3 is 14.6 Å². The Labute approximate surface area is 210 Å². The minimum atomic E-state index is -0.801. The zero-order valence-electron chi connectivity index (χ0n) is 19.3. The lowest BCUT2D eigenvalue weighted by Crippen LogP contribution is -2.43. The molecule has 0 fully saturated rings.